The van der Waals surface area contributed by atoms with Gasteiger partial charge in [-0.15, -0.1) is 11.8 Å². The molecule has 0 fully saturated rings. The van der Waals surface area contributed by atoms with Gasteiger partial charge in [0.1, 0.15) is 0 Å². The maximum Gasteiger partial charge on any atom is 0.373 e. The van der Waals surface area contributed by atoms with Crippen LogP contribution in [0, 0.1) is 6.92 Å². The number of carbonyl (C=O) groups excluding carboxylic acids is 2. The van der Waals surface area contributed by atoms with Crippen molar-refractivity contribution >= 4 is 23.7 Å². The molecule has 1 aromatic carbocycles. The molecule has 0 saturated carbocycles. The van der Waals surface area contributed by atoms with E-state index < -0.39 is 17.7 Å². The van der Waals surface area contributed by atoms with Crippen molar-refractivity contribution < 1.29 is 24.2 Å². The molecule has 5 nitrogen and oxygen atoms in total. The predicted octanol–water partition coefficient (Wildman–Crippen LogP) is 3.68. The highest BCUT2D eigenvalue weighted by molar-refractivity contribution is 8.03. The van der Waals surface area contributed by atoms with Crippen molar-refractivity contribution in [3.8, 4) is 0 Å². The number of aliphatic hydroxyl groups excluding tert-OH is 1. The van der Waals surface area contributed by atoms with E-state index in [2.05, 4.69) is 4.74 Å². The van der Waals surface area contributed by atoms with Crippen molar-refractivity contribution in [2.24, 2.45) is 0 Å². The number of thioether (sulfide) groups is 1. The van der Waals surface area contributed by atoms with Crippen LogP contribution in [0.5, 0.6) is 0 Å². The predicted molar refractivity (Wildman–Crippen MR) is 94.5 cm³/mol. The smallest absolute Gasteiger partial charge is 0.373 e. The SMILES string of the molecule is CCOC(=O)/C(O)=C/C=C(\SCc1ccc(C)cc1)C(=O)OCC. The Morgan fingerprint density at radius 3 is 2.21 bits per heavy atom. The van der Waals surface area contributed by atoms with Gasteiger partial charge in [0.05, 0.1) is 18.1 Å². The number of carbonyl (C=O) groups is 2. The number of rotatable bonds is 8. The number of benzene rings is 1. The lowest BCUT2D eigenvalue weighted by Crippen LogP contribution is -2.08. The van der Waals surface area contributed by atoms with Crippen LogP contribution in [0.15, 0.2) is 47.1 Å². The fourth-order valence-electron chi connectivity index (χ4n) is 1.65. The van der Waals surface area contributed by atoms with E-state index in [1.807, 2.05) is 31.2 Å². The highest BCUT2D eigenvalue weighted by atomic mass is 32.2. The first kappa shape index (κ1) is 19.8. The second-order valence-electron chi connectivity index (χ2n) is 4.80. The number of hydrogen-bond acceptors (Lipinski definition) is 6. The lowest BCUT2D eigenvalue weighted by molar-refractivity contribution is -0.141. The van der Waals surface area contributed by atoms with Crippen LogP contribution in [0.25, 0.3) is 0 Å². The molecule has 0 bridgehead atoms. The average Bonchev–Trinajstić information content (AvgIpc) is 2.56. The van der Waals surface area contributed by atoms with Crippen LogP contribution in [0.2, 0.25) is 0 Å². The molecule has 0 atom stereocenters. The van der Waals surface area contributed by atoms with Crippen LogP contribution >= 0.6 is 11.8 Å². The maximum absolute atomic E-state index is 12.0. The summed E-state index contributed by atoms with van der Waals surface area (Å²) < 4.78 is 9.67. The lowest BCUT2D eigenvalue weighted by atomic mass is 10.2. The molecule has 0 aliphatic carbocycles. The van der Waals surface area contributed by atoms with E-state index in [9.17, 15) is 14.7 Å². The Labute approximate surface area is 146 Å². The molecule has 0 saturated heterocycles. The first-order valence-electron chi connectivity index (χ1n) is 7.61. The van der Waals surface area contributed by atoms with Crippen molar-refractivity contribution in [3.63, 3.8) is 0 Å². The Kier molecular flexibility index (Phi) is 8.71. The first-order valence-corrected chi connectivity index (χ1v) is 8.60. The fraction of sp³-hybridized carbons (Fsp3) is 0.333. The normalized spacial score (nSPS) is 12.0. The molecule has 6 heteroatoms. The van der Waals surface area contributed by atoms with Gasteiger partial charge in [0.15, 0.2) is 0 Å². The summed E-state index contributed by atoms with van der Waals surface area (Å²) in [7, 11) is 0. The third-order valence-electron chi connectivity index (χ3n) is 2.87. The molecule has 0 aliphatic rings. The molecule has 0 amide bonds. The largest absolute Gasteiger partial charge is 0.502 e. The van der Waals surface area contributed by atoms with E-state index in [-0.39, 0.29) is 13.2 Å². The van der Waals surface area contributed by atoms with Gasteiger partial charge in [-0.3, -0.25) is 0 Å². The van der Waals surface area contributed by atoms with E-state index in [4.69, 9.17) is 4.74 Å². The van der Waals surface area contributed by atoms with Gasteiger partial charge in [0, 0.05) is 5.75 Å². The minimum absolute atomic E-state index is 0.160. The van der Waals surface area contributed by atoms with Gasteiger partial charge < -0.3 is 14.6 Å². The molecular formula is C18H22O5S. The van der Waals surface area contributed by atoms with Gasteiger partial charge in [-0.05, 0) is 38.5 Å². The van der Waals surface area contributed by atoms with Crippen LogP contribution < -0.4 is 0 Å². The van der Waals surface area contributed by atoms with Crippen molar-refractivity contribution in [3.05, 3.63) is 58.2 Å². The third-order valence-corrected chi connectivity index (χ3v) is 3.96. The Morgan fingerprint density at radius 1 is 1.04 bits per heavy atom. The van der Waals surface area contributed by atoms with Gasteiger partial charge >= 0.3 is 11.9 Å². The summed E-state index contributed by atoms with van der Waals surface area (Å²) in [5.41, 5.74) is 2.21. The quantitative estimate of drug-likeness (QED) is 0.334. The summed E-state index contributed by atoms with van der Waals surface area (Å²) >= 11 is 1.27. The zero-order chi connectivity index (χ0) is 17.9. The van der Waals surface area contributed by atoms with E-state index >= 15 is 0 Å². The average molecular weight is 350 g/mol. The topological polar surface area (TPSA) is 72.8 Å². The van der Waals surface area contributed by atoms with Gasteiger partial charge in [0.2, 0.25) is 5.76 Å². The molecule has 1 N–H and O–H groups in total. The van der Waals surface area contributed by atoms with Crippen LogP contribution in [-0.4, -0.2) is 30.3 Å². The molecule has 1 aromatic rings. The Bertz CT molecular complexity index is 617. The number of esters is 2. The maximum atomic E-state index is 12.0. The van der Waals surface area contributed by atoms with Crippen molar-refractivity contribution in [1.29, 1.82) is 0 Å². The van der Waals surface area contributed by atoms with Gasteiger partial charge in [-0.1, -0.05) is 29.8 Å². The minimum atomic E-state index is -0.833. The van der Waals surface area contributed by atoms with E-state index in [1.165, 1.54) is 17.8 Å². The molecule has 0 radical (unpaired) electrons. The first-order chi connectivity index (χ1) is 11.5. The van der Waals surface area contributed by atoms with Gasteiger partial charge in [-0.2, -0.15) is 0 Å². The molecule has 0 aliphatic heterocycles. The van der Waals surface area contributed by atoms with Crippen LogP contribution in [0.1, 0.15) is 25.0 Å². The molecule has 0 unspecified atom stereocenters. The Balaban J connectivity index is 2.85. The van der Waals surface area contributed by atoms with Gasteiger partial charge in [-0.25, -0.2) is 9.59 Å². The zero-order valence-electron chi connectivity index (χ0n) is 14.1. The molecule has 0 heterocycles. The van der Waals surface area contributed by atoms with Crippen molar-refractivity contribution in [1.82, 2.24) is 0 Å². The van der Waals surface area contributed by atoms with Crippen LogP contribution in [-0.2, 0) is 24.8 Å². The third kappa shape index (κ3) is 6.91. The number of hydrogen-bond donors (Lipinski definition) is 1. The summed E-state index contributed by atoms with van der Waals surface area (Å²) in [4.78, 5) is 23.7. The summed E-state index contributed by atoms with van der Waals surface area (Å²) in [6.45, 7) is 5.76. The number of allylic oxidation sites excluding steroid dienone is 2. The lowest BCUT2D eigenvalue weighted by Gasteiger charge is -2.07. The molecule has 130 valence electrons. The number of aliphatic hydroxyl groups is 1. The molecule has 0 aromatic heterocycles. The van der Waals surface area contributed by atoms with E-state index in [0.717, 1.165) is 17.2 Å². The zero-order valence-corrected chi connectivity index (χ0v) is 14.9. The van der Waals surface area contributed by atoms with E-state index in [1.54, 1.807) is 13.8 Å². The Hall–Kier alpha value is -2.21. The summed E-state index contributed by atoms with van der Waals surface area (Å²) in [5.74, 6) is -1.32. The van der Waals surface area contributed by atoms with Crippen molar-refractivity contribution in [2.75, 3.05) is 13.2 Å². The molecule has 0 spiro atoms. The van der Waals surface area contributed by atoms with Gasteiger partial charge in [0.25, 0.3) is 0 Å². The monoisotopic (exact) mass is 350 g/mol. The summed E-state index contributed by atoms with van der Waals surface area (Å²) in [6, 6.07) is 7.96. The second kappa shape index (κ2) is 10.5. The highest BCUT2D eigenvalue weighted by Crippen LogP contribution is 2.23. The summed E-state index contributed by atoms with van der Waals surface area (Å²) in [6.07, 6.45) is 2.51. The molecule has 1 rings (SSSR count). The minimum Gasteiger partial charge on any atom is -0.502 e. The van der Waals surface area contributed by atoms with Crippen LogP contribution in [0.3, 0.4) is 0 Å². The fourth-order valence-corrected chi connectivity index (χ4v) is 2.51. The standard InChI is InChI=1S/C18H22O5S/c1-4-22-17(20)15(19)10-11-16(18(21)23-5-2)24-12-14-8-6-13(3)7-9-14/h6-11,19H,4-5,12H2,1-3H3/b15-10-,16-11-. The highest BCUT2D eigenvalue weighted by Gasteiger charge is 2.12. The second-order valence-corrected chi connectivity index (χ2v) is 5.82. The number of ether oxygens (including phenoxy) is 2. The molecular weight excluding hydrogens is 328 g/mol. The Morgan fingerprint density at radius 2 is 1.62 bits per heavy atom. The van der Waals surface area contributed by atoms with Crippen molar-refractivity contribution in [2.45, 2.75) is 26.5 Å². The van der Waals surface area contributed by atoms with E-state index in [0.29, 0.717) is 10.7 Å². The summed E-state index contributed by atoms with van der Waals surface area (Å²) in [5, 5.41) is 9.61. The van der Waals surface area contributed by atoms with Crippen LogP contribution in [0.4, 0.5) is 0 Å². The number of aryl methyl sites for hydroxylation is 1. The molecule has 24 heavy (non-hydrogen) atoms.